The predicted molar refractivity (Wildman–Crippen MR) is 84.5 cm³/mol. The first-order valence-corrected chi connectivity index (χ1v) is 9.18. The van der Waals surface area contributed by atoms with Gasteiger partial charge in [-0.15, -0.1) is 0 Å². The van der Waals surface area contributed by atoms with E-state index in [4.69, 9.17) is 4.42 Å². The quantitative estimate of drug-likeness (QED) is 0.702. The molecule has 3 fully saturated rings. The summed E-state index contributed by atoms with van der Waals surface area (Å²) in [6, 6.07) is 2.24. The molecule has 4 aliphatic rings. The van der Waals surface area contributed by atoms with Crippen molar-refractivity contribution in [3.8, 4) is 0 Å². The highest BCUT2D eigenvalue weighted by atomic mass is 16.3. The van der Waals surface area contributed by atoms with Crippen LogP contribution in [0.3, 0.4) is 0 Å². The van der Waals surface area contributed by atoms with Crippen LogP contribution in [0.2, 0.25) is 0 Å². The molecule has 2 bridgehead atoms. The molecule has 1 aromatic heterocycles. The standard InChI is InChI=1S/C20H26O2/c1-19-7-5-17-15(6-9-22-17)16(19)4-8-20-10-13(2-3-18(19)20)14(11-20)12-21/h6,9,12-14,16,18H,2-5,7-8,10-11H2,1H3. The van der Waals surface area contributed by atoms with Crippen LogP contribution in [0.1, 0.15) is 69.1 Å². The third kappa shape index (κ3) is 1.49. The van der Waals surface area contributed by atoms with E-state index in [2.05, 4.69) is 13.0 Å². The van der Waals surface area contributed by atoms with Crippen molar-refractivity contribution in [3.63, 3.8) is 0 Å². The lowest BCUT2D eigenvalue weighted by atomic mass is 9.45. The number of aldehydes is 1. The number of hydrogen-bond donors (Lipinski definition) is 0. The van der Waals surface area contributed by atoms with Crippen LogP contribution in [0.5, 0.6) is 0 Å². The monoisotopic (exact) mass is 298 g/mol. The van der Waals surface area contributed by atoms with Gasteiger partial charge in [-0.25, -0.2) is 0 Å². The Hall–Kier alpha value is -1.05. The number of furan rings is 1. The number of carbonyl (C=O) groups is 1. The Morgan fingerprint density at radius 1 is 1.23 bits per heavy atom. The van der Waals surface area contributed by atoms with Crippen molar-refractivity contribution in [2.75, 3.05) is 0 Å². The van der Waals surface area contributed by atoms with Gasteiger partial charge in [-0.2, -0.15) is 0 Å². The normalized spacial score (nSPS) is 49.1. The Kier molecular flexibility index (Phi) is 2.60. The summed E-state index contributed by atoms with van der Waals surface area (Å²) in [5, 5.41) is 0. The fraction of sp³-hybridized carbons (Fsp3) is 0.750. The molecule has 4 aliphatic carbocycles. The molecule has 22 heavy (non-hydrogen) atoms. The Bertz CT molecular complexity index is 617. The second-order valence-corrected chi connectivity index (χ2v) is 8.86. The zero-order chi connectivity index (χ0) is 14.9. The van der Waals surface area contributed by atoms with Gasteiger partial charge in [0, 0.05) is 12.3 Å². The van der Waals surface area contributed by atoms with E-state index in [-0.39, 0.29) is 0 Å². The van der Waals surface area contributed by atoms with Crippen LogP contribution in [0.25, 0.3) is 0 Å². The lowest BCUT2D eigenvalue weighted by Gasteiger charge is -2.59. The second-order valence-electron chi connectivity index (χ2n) is 8.86. The Labute approximate surface area is 132 Å². The lowest BCUT2D eigenvalue weighted by Crippen LogP contribution is -2.50. The molecule has 5 rings (SSSR count). The molecule has 6 atom stereocenters. The molecule has 1 spiro atoms. The van der Waals surface area contributed by atoms with Crippen molar-refractivity contribution in [1.29, 1.82) is 0 Å². The van der Waals surface area contributed by atoms with Crippen molar-refractivity contribution < 1.29 is 9.21 Å². The largest absolute Gasteiger partial charge is 0.469 e. The van der Waals surface area contributed by atoms with Crippen LogP contribution in [0, 0.1) is 28.6 Å². The molecular weight excluding hydrogens is 272 g/mol. The van der Waals surface area contributed by atoms with E-state index in [0.29, 0.717) is 28.6 Å². The minimum atomic E-state index is 0.359. The van der Waals surface area contributed by atoms with Gasteiger partial charge >= 0.3 is 0 Å². The van der Waals surface area contributed by atoms with E-state index >= 15 is 0 Å². The summed E-state index contributed by atoms with van der Waals surface area (Å²) in [7, 11) is 0. The van der Waals surface area contributed by atoms with E-state index in [1.165, 1.54) is 62.6 Å². The van der Waals surface area contributed by atoms with Crippen LogP contribution in [0.4, 0.5) is 0 Å². The van der Waals surface area contributed by atoms with Gasteiger partial charge in [0.1, 0.15) is 12.0 Å². The molecule has 0 aromatic carbocycles. The van der Waals surface area contributed by atoms with E-state index in [0.717, 1.165) is 12.3 Å². The molecule has 2 nitrogen and oxygen atoms in total. The fourth-order valence-electron chi connectivity index (χ4n) is 7.36. The smallest absolute Gasteiger partial charge is 0.123 e. The number of carbonyl (C=O) groups excluding carboxylic acids is 1. The summed E-state index contributed by atoms with van der Waals surface area (Å²) in [5.74, 6) is 3.82. The van der Waals surface area contributed by atoms with E-state index < -0.39 is 0 Å². The second kappa shape index (κ2) is 4.27. The van der Waals surface area contributed by atoms with Crippen LogP contribution >= 0.6 is 0 Å². The van der Waals surface area contributed by atoms with Gasteiger partial charge < -0.3 is 9.21 Å². The molecule has 0 aliphatic heterocycles. The molecule has 0 saturated heterocycles. The van der Waals surface area contributed by atoms with E-state index in [1.807, 2.05) is 6.26 Å². The van der Waals surface area contributed by atoms with Crippen molar-refractivity contribution in [2.24, 2.45) is 28.6 Å². The third-order valence-electron chi connectivity index (χ3n) is 8.23. The Morgan fingerprint density at radius 3 is 3.00 bits per heavy atom. The molecule has 0 N–H and O–H groups in total. The van der Waals surface area contributed by atoms with Gasteiger partial charge in [-0.1, -0.05) is 6.92 Å². The van der Waals surface area contributed by atoms with Crippen molar-refractivity contribution in [2.45, 2.75) is 64.2 Å². The fourth-order valence-corrected chi connectivity index (χ4v) is 7.36. The molecule has 0 radical (unpaired) electrons. The lowest BCUT2D eigenvalue weighted by molar-refractivity contribution is -0.112. The Morgan fingerprint density at radius 2 is 2.14 bits per heavy atom. The molecule has 0 amide bonds. The summed E-state index contributed by atoms with van der Waals surface area (Å²) in [5.41, 5.74) is 2.43. The van der Waals surface area contributed by atoms with Crippen LogP contribution < -0.4 is 0 Å². The highest BCUT2D eigenvalue weighted by molar-refractivity contribution is 5.55. The van der Waals surface area contributed by atoms with Crippen molar-refractivity contribution >= 4 is 6.29 Å². The first-order valence-electron chi connectivity index (χ1n) is 9.18. The van der Waals surface area contributed by atoms with Gasteiger partial charge in [-0.05, 0) is 85.2 Å². The zero-order valence-electron chi connectivity index (χ0n) is 13.5. The van der Waals surface area contributed by atoms with Crippen LogP contribution in [-0.2, 0) is 11.2 Å². The Balaban J connectivity index is 1.56. The SMILES string of the molecule is CC12CCc3occc3C1CCC13CC(C=O)C(CCC12)C3. The highest BCUT2D eigenvalue weighted by Gasteiger charge is 2.62. The summed E-state index contributed by atoms with van der Waals surface area (Å²) in [6.45, 7) is 2.56. The molecule has 2 heteroatoms. The topological polar surface area (TPSA) is 30.2 Å². The van der Waals surface area contributed by atoms with Crippen LogP contribution in [0.15, 0.2) is 16.7 Å². The zero-order valence-corrected chi connectivity index (χ0v) is 13.5. The van der Waals surface area contributed by atoms with Crippen molar-refractivity contribution in [1.82, 2.24) is 0 Å². The minimum Gasteiger partial charge on any atom is -0.469 e. The predicted octanol–water partition coefficient (Wildman–Crippen LogP) is 4.73. The molecule has 1 heterocycles. The van der Waals surface area contributed by atoms with Gasteiger partial charge in [0.15, 0.2) is 0 Å². The summed E-state index contributed by atoms with van der Waals surface area (Å²) in [4.78, 5) is 11.5. The van der Waals surface area contributed by atoms with Crippen LogP contribution in [-0.4, -0.2) is 6.29 Å². The minimum absolute atomic E-state index is 0.359. The van der Waals surface area contributed by atoms with E-state index in [1.54, 1.807) is 0 Å². The number of fused-ring (bicyclic) bond motifs is 5. The maximum Gasteiger partial charge on any atom is 0.123 e. The molecule has 6 unspecified atom stereocenters. The average molecular weight is 298 g/mol. The third-order valence-corrected chi connectivity index (χ3v) is 8.23. The number of rotatable bonds is 1. The first kappa shape index (κ1) is 13.4. The summed E-state index contributed by atoms with van der Waals surface area (Å²) in [6.07, 6.45) is 13.4. The molecule has 1 aromatic rings. The molecule has 3 saturated carbocycles. The average Bonchev–Trinajstić information content (AvgIpc) is 3.09. The first-order chi connectivity index (χ1) is 10.7. The highest BCUT2D eigenvalue weighted by Crippen LogP contribution is 2.71. The number of hydrogen-bond acceptors (Lipinski definition) is 2. The molecular formula is C20H26O2. The maximum atomic E-state index is 11.5. The summed E-state index contributed by atoms with van der Waals surface area (Å²) >= 11 is 0. The van der Waals surface area contributed by atoms with E-state index in [9.17, 15) is 4.79 Å². The van der Waals surface area contributed by atoms with Gasteiger partial charge in [-0.3, -0.25) is 0 Å². The maximum absolute atomic E-state index is 11.5. The summed E-state index contributed by atoms with van der Waals surface area (Å²) < 4.78 is 5.73. The van der Waals surface area contributed by atoms with Crippen molar-refractivity contribution in [3.05, 3.63) is 23.7 Å². The van der Waals surface area contributed by atoms with Gasteiger partial charge in [0.25, 0.3) is 0 Å². The number of aryl methyl sites for hydroxylation is 1. The van der Waals surface area contributed by atoms with Gasteiger partial charge in [0.05, 0.1) is 6.26 Å². The molecule has 118 valence electrons. The van der Waals surface area contributed by atoms with Gasteiger partial charge in [0.2, 0.25) is 0 Å².